The lowest BCUT2D eigenvalue weighted by molar-refractivity contribution is 0.0951. The first kappa shape index (κ1) is 17.7. The Morgan fingerprint density at radius 1 is 1.28 bits per heavy atom. The van der Waals surface area contributed by atoms with Gasteiger partial charge in [0.2, 0.25) is 0 Å². The van der Waals surface area contributed by atoms with Crippen LogP contribution in [0.25, 0.3) is 10.9 Å². The average molecular weight is 375 g/mol. The number of methoxy groups -OCH3 is 1. The molecular formula is C19H19ClN2O2S. The molecule has 1 heterocycles. The molecule has 0 unspecified atom stereocenters. The molecule has 0 spiro atoms. The third kappa shape index (κ3) is 3.94. The Bertz CT molecular complexity index is 908. The molecule has 25 heavy (non-hydrogen) atoms. The molecule has 4 nitrogen and oxygen atoms in total. The maximum absolute atomic E-state index is 12.4. The van der Waals surface area contributed by atoms with Gasteiger partial charge in [0.15, 0.2) is 0 Å². The average Bonchev–Trinajstić information content (AvgIpc) is 3.03. The van der Waals surface area contributed by atoms with Crippen LogP contribution in [-0.4, -0.2) is 30.8 Å². The van der Waals surface area contributed by atoms with Gasteiger partial charge in [0.1, 0.15) is 5.75 Å². The first-order valence-electron chi connectivity index (χ1n) is 7.88. The zero-order valence-electron chi connectivity index (χ0n) is 14.1. The molecule has 3 rings (SSSR count). The number of fused-ring (bicyclic) bond motifs is 1. The Kier molecular flexibility index (Phi) is 5.56. The summed E-state index contributed by atoms with van der Waals surface area (Å²) in [5.74, 6) is 0.450. The Labute approximate surface area is 155 Å². The number of aromatic amines is 1. The molecule has 0 aliphatic rings. The summed E-state index contributed by atoms with van der Waals surface area (Å²) in [6.45, 7) is 0.533. The highest BCUT2D eigenvalue weighted by molar-refractivity contribution is 7.98. The number of amides is 1. The van der Waals surface area contributed by atoms with E-state index in [2.05, 4.69) is 10.3 Å². The second kappa shape index (κ2) is 7.85. The number of hydrogen-bond donors (Lipinski definition) is 2. The van der Waals surface area contributed by atoms with Gasteiger partial charge < -0.3 is 15.0 Å². The van der Waals surface area contributed by atoms with E-state index in [1.165, 1.54) is 0 Å². The van der Waals surface area contributed by atoms with Gasteiger partial charge in [-0.3, -0.25) is 4.79 Å². The van der Waals surface area contributed by atoms with Crippen LogP contribution in [0.2, 0.25) is 5.02 Å². The third-order valence-corrected chi connectivity index (χ3v) is 5.02. The molecule has 1 aromatic heterocycles. The van der Waals surface area contributed by atoms with Gasteiger partial charge in [0.05, 0.1) is 12.7 Å². The van der Waals surface area contributed by atoms with Crippen LogP contribution in [0.15, 0.2) is 47.5 Å². The van der Waals surface area contributed by atoms with Gasteiger partial charge >= 0.3 is 0 Å². The van der Waals surface area contributed by atoms with Gasteiger partial charge in [-0.15, -0.1) is 11.8 Å². The summed E-state index contributed by atoms with van der Waals surface area (Å²) in [5.41, 5.74) is 2.71. The predicted octanol–water partition coefficient (Wildman–Crippen LogP) is 4.52. The minimum Gasteiger partial charge on any atom is -0.496 e. The molecule has 0 saturated heterocycles. The van der Waals surface area contributed by atoms with Crippen molar-refractivity contribution in [3.05, 3.63) is 58.7 Å². The number of benzene rings is 2. The summed E-state index contributed by atoms with van der Waals surface area (Å²) in [6.07, 6.45) is 4.67. The number of H-pyrrole nitrogens is 1. The fraction of sp³-hybridized carbons (Fsp3) is 0.211. The van der Waals surface area contributed by atoms with Crippen molar-refractivity contribution in [3.63, 3.8) is 0 Å². The molecule has 0 aliphatic heterocycles. The number of rotatable bonds is 6. The standard InChI is InChI=1S/C19H19ClN2O2S/c1-24-18-10-14(25-2)4-5-15(18)19(23)21-8-7-12-11-22-17-6-3-13(20)9-16(12)17/h3-6,9-11,22H,7-8H2,1-2H3,(H,21,23). The van der Waals surface area contributed by atoms with Crippen molar-refractivity contribution < 1.29 is 9.53 Å². The number of carbonyl (C=O) groups excluding carboxylic acids is 1. The van der Waals surface area contributed by atoms with E-state index in [0.717, 1.165) is 27.8 Å². The summed E-state index contributed by atoms with van der Waals surface area (Å²) in [6, 6.07) is 11.3. The molecule has 0 saturated carbocycles. The number of ether oxygens (including phenoxy) is 1. The van der Waals surface area contributed by atoms with Gasteiger partial charge in [-0.25, -0.2) is 0 Å². The maximum atomic E-state index is 12.4. The van der Waals surface area contributed by atoms with Crippen molar-refractivity contribution in [3.8, 4) is 5.75 Å². The molecule has 2 aromatic carbocycles. The third-order valence-electron chi connectivity index (χ3n) is 4.06. The van der Waals surface area contributed by atoms with Crippen LogP contribution in [0.4, 0.5) is 0 Å². The second-order valence-corrected chi connectivity index (χ2v) is 6.89. The van der Waals surface area contributed by atoms with Gasteiger partial charge in [-0.1, -0.05) is 11.6 Å². The Balaban J connectivity index is 1.67. The fourth-order valence-corrected chi connectivity index (χ4v) is 3.35. The fourth-order valence-electron chi connectivity index (χ4n) is 2.75. The van der Waals surface area contributed by atoms with Crippen LogP contribution in [0, 0.1) is 0 Å². The Morgan fingerprint density at radius 3 is 2.88 bits per heavy atom. The quantitative estimate of drug-likeness (QED) is 0.623. The van der Waals surface area contributed by atoms with E-state index in [1.54, 1.807) is 24.9 Å². The maximum Gasteiger partial charge on any atom is 0.255 e. The minimum atomic E-state index is -0.137. The van der Waals surface area contributed by atoms with Crippen LogP contribution in [0.1, 0.15) is 15.9 Å². The molecule has 1 amide bonds. The van der Waals surface area contributed by atoms with Gasteiger partial charge in [-0.05, 0) is 54.6 Å². The van der Waals surface area contributed by atoms with Crippen molar-refractivity contribution in [2.75, 3.05) is 19.9 Å². The van der Waals surface area contributed by atoms with Crippen LogP contribution >= 0.6 is 23.4 Å². The van der Waals surface area contributed by atoms with Crippen LogP contribution in [0.5, 0.6) is 5.75 Å². The number of nitrogens with one attached hydrogen (secondary N) is 2. The van der Waals surface area contributed by atoms with Crippen molar-refractivity contribution in [1.29, 1.82) is 0 Å². The van der Waals surface area contributed by atoms with Gasteiger partial charge in [0, 0.05) is 33.6 Å². The van der Waals surface area contributed by atoms with E-state index in [-0.39, 0.29) is 5.91 Å². The lowest BCUT2D eigenvalue weighted by Gasteiger charge is -2.10. The van der Waals surface area contributed by atoms with E-state index in [9.17, 15) is 4.79 Å². The number of hydrogen-bond acceptors (Lipinski definition) is 3. The SMILES string of the molecule is COc1cc(SC)ccc1C(=O)NCCc1c[nH]c2ccc(Cl)cc12. The number of aromatic nitrogens is 1. The lowest BCUT2D eigenvalue weighted by atomic mass is 10.1. The molecule has 2 N–H and O–H groups in total. The topological polar surface area (TPSA) is 54.1 Å². The van der Waals surface area contributed by atoms with Crippen molar-refractivity contribution >= 4 is 40.2 Å². The van der Waals surface area contributed by atoms with E-state index < -0.39 is 0 Å². The highest BCUT2D eigenvalue weighted by atomic mass is 35.5. The zero-order valence-corrected chi connectivity index (χ0v) is 15.6. The minimum absolute atomic E-state index is 0.137. The van der Waals surface area contributed by atoms with Crippen molar-refractivity contribution in [2.24, 2.45) is 0 Å². The molecule has 0 bridgehead atoms. The summed E-state index contributed by atoms with van der Waals surface area (Å²) in [4.78, 5) is 16.7. The van der Waals surface area contributed by atoms with Crippen molar-refractivity contribution in [2.45, 2.75) is 11.3 Å². The number of carbonyl (C=O) groups is 1. The molecule has 0 aliphatic carbocycles. The smallest absolute Gasteiger partial charge is 0.255 e. The summed E-state index contributed by atoms with van der Waals surface area (Å²) >= 11 is 7.68. The summed E-state index contributed by atoms with van der Waals surface area (Å²) < 4.78 is 5.34. The molecule has 130 valence electrons. The van der Waals surface area contributed by atoms with Gasteiger partial charge in [0.25, 0.3) is 5.91 Å². The summed E-state index contributed by atoms with van der Waals surface area (Å²) in [5, 5.41) is 4.75. The lowest BCUT2D eigenvalue weighted by Crippen LogP contribution is -2.26. The van der Waals surface area contributed by atoms with E-state index in [4.69, 9.17) is 16.3 Å². The molecular weight excluding hydrogens is 356 g/mol. The Morgan fingerprint density at radius 2 is 2.12 bits per heavy atom. The number of thioether (sulfide) groups is 1. The van der Waals surface area contributed by atoms with Crippen molar-refractivity contribution in [1.82, 2.24) is 10.3 Å². The van der Waals surface area contributed by atoms with Crippen LogP contribution in [0.3, 0.4) is 0 Å². The predicted molar refractivity (Wildman–Crippen MR) is 104 cm³/mol. The highest BCUT2D eigenvalue weighted by Crippen LogP contribution is 2.25. The normalized spacial score (nSPS) is 10.8. The number of halogens is 1. The molecule has 0 atom stereocenters. The van der Waals surface area contributed by atoms with E-state index in [1.807, 2.05) is 42.8 Å². The zero-order chi connectivity index (χ0) is 17.8. The Hall–Kier alpha value is -2.11. The molecule has 0 radical (unpaired) electrons. The monoisotopic (exact) mass is 374 g/mol. The molecule has 3 aromatic rings. The molecule has 0 fully saturated rings. The summed E-state index contributed by atoms with van der Waals surface area (Å²) in [7, 11) is 1.58. The van der Waals surface area contributed by atoms with Crippen LogP contribution in [-0.2, 0) is 6.42 Å². The van der Waals surface area contributed by atoms with Crippen LogP contribution < -0.4 is 10.1 Å². The largest absolute Gasteiger partial charge is 0.496 e. The van der Waals surface area contributed by atoms with E-state index >= 15 is 0 Å². The molecule has 6 heteroatoms. The second-order valence-electron chi connectivity index (χ2n) is 5.58. The first-order valence-corrected chi connectivity index (χ1v) is 9.48. The van der Waals surface area contributed by atoms with Gasteiger partial charge in [-0.2, -0.15) is 0 Å². The first-order chi connectivity index (χ1) is 12.1. The highest BCUT2D eigenvalue weighted by Gasteiger charge is 2.13. The van der Waals surface area contributed by atoms with E-state index in [0.29, 0.717) is 22.9 Å².